The van der Waals surface area contributed by atoms with E-state index in [-0.39, 0.29) is 17.4 Å². The molecule has 3 heteroatoms. The first-order valence-electron chi connectivity index (χ1n) is 5.76. The Morgan fingerprint density at radius 2 is 1.94 bits per heavy atom. The van der Waals surface area contributed by atoms with Crippen LogP contribution in [0.5, 0.6) is 0 Å². The molecule has 0 aromatic heterocycles. The van der Waals surface area contributed by atoms with Crippen molar-refractivity contribution in [3.63, 3.8) is 0 Å². The lowest BCUT2D eigenvalue weighted by Gasteiger charge is -2.36. The number of hydrogen-bond acceptors (Lipinski definition) is 2. The van der Waals surface area contributed by atoms with E-state index in [9.17, 15) is 4.79 Å². The molecule has 1 aromatic rings. The largest absolute Gasteiger partial charge is 0.292 e. The Balaban J connectivity index is 2.91. The molecule has 1 aromatic carbocycles. The zero-order valence-electron chi connectivity index (χ0n) is 11.1. The van der Waals surface area contributed by atoms with E-state index in [1.165, 1.54) is 0 Å². The molecule has 0 saturated heterocycles. The Bertz CT molecular complexity index is 409. The first-order valence-corrected chi connectivity index (χ1v) is 6.14. The molecule has 2 nitrogen and oxygen atoms in total. The Kier molecular flexibility index (Phi) is 4.34. The highest BCUT2D eigenvalue weighted by molar-refractivity contribution is 6.31. The fourth-order valence-corrected chi connectivity index (χ4v) is 1.83. The van der Waals surface area contributed by atoms with Gasteiger partial charge in [0.15, 0.2) is 5.78 Å². The molecule has 0 N–H and O–H groups in total. The zero-order valence-corrected chi connectivity index (χ0v) is 11.9. The minimum atomic E-state index is -0.159. The van der Waals surface area contributed by atoms with Crippen LogP contribution in [-0.2, 0) is 0 Å². The average molecular weight is 254 g/mol. The number of carbonyl (C=O) groups is 1. The van der Waals surface area contributed by atoms with Crippen LogP contribution in [0.25, 0.3) is 0 Å². The van der Waals surface area contributed by atoms with Crippen LogP contribution in [0.1, 0.15) is 38.1 Å². The van der Waals surface area contributed by atoms with Gasteiger partial charge in [-0.2, -0.15) is 0 Å². The molecule has 1 atom stereocenters. The summed E-state index contributed by atoms with van der Waals surface area (Å²) < 4.78 is 0. The summed E-state index contributed by atoms with van der Waals surface area (Å²) in [7, 11) is 1.97. The monoisotopic (exact) mass is 253 g/mol. The number of carbonyl (C=O) groups excluding carboxylic acids is 1. The second-order valence-corrected chi connectivity index (χ2v) is 5.77. The van der Waals surface area contributed by atoms with Gasteiger partial charge in [0.1, 0.15) is 0 Å². The van der Waals surface area contributed by atoms with Crippen LogP contribution in [0, 0.1) is 0 Å². The van der Waals surface area contributed by atoms with Crippen molar-refractivity contribution in [2.75, 3.05) is 7.05 Å². The molecule has 0 spiro atoms. The number of ketones is 1. The summed E-state index contributed by atoms with van der Waals surface area (Å²) in [6.45, 7) is 8.20. The van der Waals surface area contributed by atoms with Gasteiger partial charge in [0.2, 0.25) is 0 Å². The molecule has 0 aliphatic rings. The molecule has 17 heavy (non-hydrogen) atoms. The predicted molar refractivity (Wildman–Crippen MR) is 72.8 cm³/mol. The van der Waals surface area contributed by atoms with E-state index in [0.29, 0.717) is 10.6 Å². The molecule has 0 aliphatic heterocycles. The number of likely N-dealkylation sites (N-methyl/N-ethyl adjacent to an activating group) is 1. The normalized spacial score (nSPS) is 13.8. The lowest BCUT2D eigenvalue weighted by Crippen LogP contribution is -2.47. The molecule has 0 saturated carbocycles. The third kappa shape index (κ3) is 3.55. The first-order chi connectivity index (χ1) is 7.73. The summed E-state index contributed by atoms with van der Waals surface area (Å²) in [5, 5.41) is 0.599. The SMILES string of the molecule is C[C@@H](C(=O)c1cccc(Cl)c1)N(C)C(C)(C)C. The van der Waals surface area contributed by atoms with Crippen molar-refractivity contribution in [3.8, 4) is 0 Å². The highest BCUT2D eigenvalue weighted by Gasteiger charge is 2.27. The maximum atomic E-state index is 12.3. The maximum absolute atomic E-state index is 12.3. The molecule has 94 valence electrons. The molecule has 1 rings (SSSR count). The quantitative estimate of drug-likeness (QED) is 0.767. The smallest absolute Gasteiger partial charge is 0.179 e. The first kappa shape index (κ1) is 14.2. The van der Waals surface area contributed by atoms with Crippen molar-refractivity contribution < 1.29 is 4.79 Å². The van der Waals surface area contributed by atoms with E-state index in [1.807, 2.05) is 14.0 Å². The molecular weight excluding hydrogens is 234 g/mol. The second-order valence-electron chi connectivity index (χ2n) is 5.33. The summed E-state index contributed by atoms with van der Waals surface area (Å²) >= 11 is 5.90. The van der Waals surface area contributed by atoms with Crippen molar-refractivity contribution in [2.24, 2.45) is 0 Å². The van der Waals surface area contributed by atoms with Gasteiger partial charge < -0.3 is 0 Å². The predicted octanol–water partition coefficient (Wildman–Crippen LogP) is 3.64. The number of rotatable bonds is 3. The number of hydrogen-bond donors (Lipinski definition) is 0. The van der Waals surface area contributed by atoms with Crippen molar-refractivity contribution in [1.29, 1.82) is 0 Å². The molecule has 0 amide bonds. The summed E-state index contributed by atoms with van der Waals surface area (Å²) in [6, 6.07) is 6.95. The molecule has 0 radical (unpaired) electrons. The van der Waals surface area contributed by atoms with E-state index in [0.717, 1.165) is 0 Å². The van der Waals surface area contributed by atoms with Gasteiger partial charge in [0.25, 0.3) is 0 Å². The van der Waals surface area contributed by atoms with Gasteiger partial charge in [-0.25, -0.2) is 0 Å². The highest BCUT2D eigenvalue weighted by Crippen LogP contribution is 2.19. The topological polar surface area (TPSA) is 20.3 Å². The van der Waals surface area contributed by atoms with Gasteiger partial charge >= 0.3 is 0 Å². The molecular formula is C14H20ClNO. The number of Topliss-reactive ketones (excluding diaryl/α,β-unsaturated/α-hetero) is 1. The van der Waals surface area contributed by atoms with E-state index >= 15 is 0 Å². The Hall–Kier alpha value is -0.860. The number of benzene rings is 1. The summed E-state index contributed by atoms with van der Waals surface area (Å²) in [5.41, 5.74) is 0.634. The van der Waals surface area contributed by atoms with Gasteiger partial charge in [-0.1, -0.05) is 23.7 Å². The second kappa shape index (κ2) is 5.19. The molecule has 0 heterocycles. The maximum Gasteiger partial charge on any atom is 0.179 e. The van der Waals surface area contributed by atoms with Crippen LogP contribution in [0.2, 0.25) is 5.02 Å². The highest BCUT2D eigenvalue weighted by atomic mass is 35.5. The standard InChI is InChI=1S/C14H20ClNO/c1-10(16(5)14(2,3)4)13(17)11-7-6-8-12(15)9-11/h6-10H,1-5H3/t10-/m0/s1. The molecule has 0 aliphatic carbocycles. The number of nitrogens with zero attached hydrogens (tertiary/aromatic N) is 1. The minimum Gasteiger partial charge on any atom is -0.292 e. The van der Waals surface area contributed by atoms with Gasteiger partial charge in [0.05, 0.1) is 6.04 Å². The lowest BCUT2D eigenvalue weighted by atomic mass is 9.99. The molecule has 0 unspecified atom stereocenters. The minimum absolute atomic E-state index is 0.0341. The van der Waals surface area contributed by atoms with Crippen LogP contribution in [0.4, 0.5) is 0 Å². The summed E-state index contributed by atoms with van der Waals surface area (Å²) in [4.78, 5) is 14.4. The van der Waals surface area contributed by atoms with Crippen LogP contribution < -0.4 is 0 Å². The zero-order chi connectivity index (χ0) is 13.2. The van der Waals surface area contributed by atoms with Gasteiger partial charge in [0, 0.05) is 16.1 Å². The van der Waals surface area contributed by atoms with E-state index in [1.54, 1.807) is 24.3 Å². The third-order valence-corrected chi connectivity index (χ3v) is 3.36. The van der Waals surface area contributed by atoms with Crippen molar-refractivity contribution in [1.82, 2.24) is 4.90 Å². The molecule has 0 fully saturated rings. The van der Waals surface area contributed by atoms with Crippen molar-refractivity contribution in [2.45, 2.75) is 39.3 Å². The van der Waals surface area contributed by atoms with Crippen LogP contribution in [-0.4, -0.2) is 29.3 Å². The van der Waals surface area contributed by atoms with Gasteiger partial charge in [-0.3, -0.25) is 9.69 Å². The Morgan fingerprint density at radius 1 is 1.35 bits per heavy atom. The van der Waals surface area contributed by atoms with Crippen LogP contribution >= 0.6 is 11.6 Å². The Labute approximate surface area is 109 Å². The fraction of sp³-hybridized carbons (Fsp3) is 0.500. The van der Waals surface area contributed by atoms with Gasteiger partial charge in [-0.15, -0.1) is 0 Å². The number of halogens is 1. The molecule has 0 bridgehead atoms. The van der Waals surface area contributed by atoms with Crippen molar-refractivity contribution in [3.05, 3.63) is 34.9 Å². The van der Waals surface area contributed by atoms with Crippen LogP contribution in [0.15, 0.2) is 24.3 Å². The van der Waals surface area contributed by atoms with E-state index < -0.39 is 0 Å². The van der Waals surface area contributed by atoms with Crippen molar-refractivity contribution >= 4 is 17.4 Å². The van der Waals surface area contributed by atoms with Crippen LogP contribution in [0.3, 0.4) is 0 Å². The third-order valence-electron chi connectivity index (χ3n) is 3.13. The lowest BCUT2D eigenvalue weighted by molar-refractivity contribution is 0.0726. The average Bonchev–Trinajstić information content (AvgIpc) is 2.25. The fourth-order valence-electron chi connectivity index (χ4n) is 1.64. The Morgan fingerprint density at radius 3 is 2.41 bits per heavy atom. The summed E-state index contributed by atoms with van der Waals surface area (Å²) in [6.07, 6.45) is 0. The van der Waals surface area contributed by atoms with E-state index in [2.05, 4.69) is 25.7 Å². The summed E-state index contributed by atoms with van der Waals surface area (Å²) in [5.74, 6) is 0.102. The van der Waals surface area contributed by atoms with E-state index in [4.69, 9.17) is 11.6 Å². The van der Waals surface area contributed by atoms with Gasteiger partial charge in [-0.05, 0) is 46.9 Å².